The van der Waals surface area contributed by atoms with Gasteiger partial charge in [-0.25, -0.2) is 9.67 Å². The molecule has 2 aromatic heterocycles. The maximum Gasteiger partial charge on any atom is 0.282 e. The molecule has 0 aliphatic carbocycles. The van der Waals surface area contributed by atoms with Gasteiger partial charge in [-0.3, -0.25) is 4.98 Å². The smallest absolute Gasteiger partial charge is 0.264 e. The largest absolute Gasteiger partial charge is 0.282 e. The Bertz CT molecular complexity index is 816. The summed E-state index contributed by atoms with van der Waals surface area (Å²) < 4.78 is 29.9. The van der Waals surface area contributed by atoms with Crippen LogP contribution < -0.4 is 0 Å². The van der Waals surface area contributed by atoms with Gasteiger partial charge in [0.15, 0.2) is 5.82 Å². The van der Waals surface area contributed by atoms with Crippen LogP contribution in [0.1, 0.15) is 25.7 Å². The molecule has 0 saturated heterocycles. The molecule has 8 nitrogen and oxygen atoms in total. The summed E-state index contributed by atoms with van der Waals surface area (Å²) in [5.41, 5.74) is 0.823. The fourth-order valence-corrected chi connectivity index (χ4v) is 4.27. The number of pyridine rings is 1. The first kappa shape index (κ1) is 17.0. The molecule has 0 saturated carbocycles. The van der Waals surface area contributed by atoms with Gasteiger partial charge in [-0.05, 0) is 18.1 Å². The van der Waals surface area contributed by atoms with Gasteiger partial charge in [0.25, 0.3) is 10.2 Å². The van der Waals surface area contributed by atoms with E-state index in [1.54, 1.807) is 26.5 Å². The van der Waals surface area contributed by atoms with E-state index in [9.17, 15) is 8.42 Å². The van der Waals surface area contributed by atoms with E-state index in [0.717, 1.165) is 5.56 Å². The van der Waals surface area contributed by atoms with Gasteiger partial charge in [0, 0.05) is 38.6 Å². The number of aromatic nitrogens is 4. The van der Waals surface area contributed by atoms with E-state index >= 15 is 0 Å². The van der Waals surface area contributed by atoms with Crippen LogP contribution in [0.25, 0.3) is 11.4 Å². The lowest BCUT2D eigenvalue weighted by atomic mass is 10.0. The molecular formula is C15H22N6O2S. The third-order valence-corrected chi connectivity index (χ3v) is 6.04. The molecule has 3 heterocycles. The Morgan fingerprint density at radius 3 is 2.62 bits per heavy atom. The van der Waals surface area contributed by atoms with Crippen LogP contribution in [0.2, 0.25) is 0 Å². The average Bonchev–Trinajstić information content (AvgIpc) is 2.98. The minimum atomic E-state index is -3.52. The maximum absolute atomic E-state index is 12.7. The number of hydrogen-bond donors (Lipinski definition) is 0. The third-order valence-electron chi connectivity index (χ3n) is 4.12. The highest BCUT2D eigenvalue weighted by atomic mass is 32.2. The summed E-state index contributed by atoms with van der Waals surface area (Å²) in [4.78, 5) is 8.73. The van der Waals surface area contributed by atoms with Crippen LogP contribution in [-0.4, -0.2) is 57.4 Å². The molecule has 0 radical (unpaired) electrons. The van der Waals surface area contributed by atoms with Crippen LogP contribution >= 0.6 is 0 Å². The first-order valence-corrected chi connectivity index (χ1v) is 9.26. The van der Waals surface area contributed by atoms with E-state index in [2.05, 4.69) is 15.1 Å². The summed E-state index contributed by atoms with van der Waals surface area (Å²) in [7, 11) is -0.422. The van der Waals surface area contributed by atoms with E-state index in [0.29, 0.717) is 24.7 Å². The summed E-state index contributed by atoms with van der Waals surface area (Å²) >= 11 is 0. The van der Waals surface area contributed by atoms with Crippen LogP contribution in [0.3, 0.4) is 0 Å². The fourth-order valence-electron chi connectivity index (χ4n) is 2.92. The molecule has 0 fully saturated rings. The Morgan fingerprint density at radius 2 is 2.04 bits per heavy atom. The van der Waals surface area contributed by atoms with Crippen molar-refractivity contribution in [3.05, 3.63) is 30.4 Å². The van der Waals surface area contributed by atoms with E-state index in [4.69, 9.17) is 0 Å². The van der Waals surface area contributed by atoms with Crippen molar-refractivity contribution in [2.24, 2.45) is 5.92 Å². The standard InChI is InChI=1S/C15H22N6O2S/c1-11(2)13-15-17-14(12-6-5-7-16-10-12)18-20(15)8-9-21(13)24(22,23)19(3)4/h5-7,10-11,13H,8-9H2,1-4H3/t13-/m1/s1. The third kappa shape index (κ3) is 2.83. The minimum Gasteiger partial charge on any atom is -0.264 e. The van der Waals surface area contributed by atoms with Gasteiger partial charge in [0.05, 0.1) is 12.6 Å². The van der Waals surface area contributed by atoms with Crippen molar-refractivity contribution in [1.29, 1.82) is 0 Å². The van der Waals surface area contributed by atoms with Crippen LogP contribution in [0.5, 0.6) is 0 Å². The topological polar surface area (TPSA) is 84.2 Å². The normalized spacial score (nSPS) is 19.0. The molecular weight excluding hydrogens is 328 g/mol. The fraction of sp³-hybridized carbons (Fsp3) is 0.533. The average molecular weight is 350 g/mol. The van der Waals surface area contributed by atoms with Crippen LogP contribution in [-0.2, 0) is 16.8 Å². The molecule has 1 aliphatic heterocycles. The van der Waals surface area contributed by atoms with E-state index in [1.807, 2.05) is 30.7 Å². The zero-order valence-corrected chi connectivity index (χ0v) is 15.1. The molecule has 0 N–H and O–H groups in total. The van der Waals surface area contributed by atoms with Gasteiger partial charge in [0.1, 0.15) is 5.82 Å². The van der Waals surface area contributed by atoms with Crippen LogP contribution in [0.15, 0.2) is 24.5 Å². The van der Waals surface area contributed by atoms with Crippen molar-refractivity contribution in [1.82, 2.24) is 28.4 Å². The Labute approximate surface area is 142 Å². The summed E-state index contributed by atoms with van der Waals surface area (Å²) in [6.45, 7) is 4.86. The monoisotopic (exact) mass is 350 g/mol. The van der Waals surface area contributed by atoms with Gasteiger partial charge >= 0.3 is 0 Å². The van der Waals surface area contributed by atoms with Gasteiger partial charge < -0.3 is 0 Å². The lowest BCUT2D eigenvalue weighted by Crippen LogP contribution is -2.48. The van der Waals surface area contributed by atoms with Crippen LogP contribution in [0.4, 0.5) is 0 Å². The van der Waals surface area contributed by atoms with Crippen molar-refractivity contribution in [3.63, 3.8) is 0 Å². The molecule has 3 rings (SSSR count). The van der Waals surface area contributed by atoms with E-state index in [1.165, 1.54) is 8.61 Å². The van der Waals surface area contributed by atoms with Crippen molar-refractivity contribution in [2.75, 3.05) is 20.6 Å². The SMILES string of the molecule is CC(C)[C@@H]1c2nc(-c3cccnc3)nn2CCN1S(=O)(=O)N(C)C. The first-order valence-electron chi connectivity index (χ1n) is 7.87. The maximum atomic E-state index is 12.7. The molecule has 24 heavy (non-hydrogen) atoms. The Morgan fingerprint density at radius 1 is 1.29 bits per heavy atom. The second-order valence-corrected chi connectivity index (χ2v) is 8.44. The highest BCUT2D eigenvalue weighted by Gasteiger charge is 2.40. The molecule has 0 aromatic carbocycles. The molecule has 0 amide bonds. The van der Waals surface area contributed by atoms with Gasteiger partial charge in [-0.15, -0.1) is 0 Å². The number of fused-ring (bicyclic) bond motifs is 1. The second kappa shape index (κ2) is 6.23. The predicted octanol–water partition coefficient (Wildman–Crippen LogP) is 1.16. The van der Waals surface area contributed by atoms with E-state index in [-0.39, 0.29) is 12.0 Å². The summed E-state index contributed by atoms with van der Waals surface area (Å²) in [6.07, 6.45) is 3.40. The zero-order valence-electron chi connectivity index (χ0n) is 14.3. The van der Waals surface area contributed by atoms with Crippen molar-refractivity contribution in [3.8, 4) is 11.4 Å². The summed E-state index contributed by atoms with van der Waals surface area (Å²) in [5, 5.41) is 4.55. The van der Waals surface area contributed by atoms with Crippen molar-refractivity contribution < 1.29 is 8.42 Å². The predicted molar refractivity (Wildman–Crippen MR) is 90.1 cm³/mol. The molecule has 130 valence electrons. The lowest BCUT2D eigenvalue weighted by molar-refractivity contribution is 0.193. The van der Waals surface area contributed by atoms with Crippen molar-refractivity contribution in [2.45, 2.75) is 26.4 Å². The molecule has 0 bridgehead atoms. The van der Waals surface area contributed by atoms with Crippen LogP contribution in [0, 0.1) is 5.92 Å². The first-order chi connectivity index (χ1) is 11.3. The Kier molecular flexibility index (Phi) is 4.41. The van der Waals surface area contributed by atoms with E-state index < -0.39 is 10.2 Å². The van der Waals surface area contributed by atoms with Crippen molar-refractivity contribution >= 4 is 10.2 Å². The molecule has 0 unspecified atom stereocenters. The summed E-state index contributed by atoms with van der Waals surface area (Å²) in [6, 6.07) is 3.38. The second-order valence-electron chi connectivity index (χ2n) is 6.35. The summed E-state index contributed by atoms with van der Waals surface area (Å²) in [5.74, 6) is 1.33. The quantitative estimate of drug-likeness (QED) is 0.826. The minimum absolute atomic E-state index is 0.0738. The lowest BCUT2D eigenvalue weighted by Gasteiger charge is -2.37. The number of hydrogen-bond acceptors (Lipinski definition) is 5. The molecule has 2 aromatic rings. The Balaban J connectivity index is 2.06. The van der Waals surface area contributed by atoms with Gasteiger partial charge in [0.2, 0.25) is 0 Å². The number of rotatable bonds is 4. The molecule has 1 aliphatic rings. The molecule has 1 atom stereocenters. The Hall–Kier alpha value is -1.84. The van der Waals surface area contributed by atoms with Gasteiger partial charge in [-0.1, -0.05) is 13.8 Å². The highest BCUT2D eigenvalue weighted by Crippen LogP contribution is 2.34. The number of nitrogens with zero attached hydrogens (tertiary/aromatic N) is 6. The zero-order chi connectivity index (χ0) is 17.5. The molecule has 9 heteroatoms. The van der Waals surface area contributed by atoms with Gasteiger partial charge in [-0.2, -0.15) is 22.1 Å². The molecule has 0 spiro atoms. The highest BCUT2D eigenvalue weighted by molar-refractivity contribution is 7.86.